The average molecular weight is 476 g/mol. The second-order valence-corrected chi connectivity index (χ2v) is 12.8. The van der Waals surface area contributed by atoms with Crippen molar-refractivity contribution in [3.63, 3.8) is 0 Å². The molecule has 0 unspecified atom stereocenters. The molecule has 1 aliphatic heterocycles. The van der Waals surface area contributed by atoms with Crippen LogP contribution >= 0.6 is 0 Å². The predicted molar refractivity (Wildman–Crippen MR) is 133 cm³/mol. The summed E-state index contributed by atoms with van der Waals surface area (Å²) < 4.78 is 0. The molecule has 0 aromatic heterocycles. The zero-order chi connectivity index (χ0) is 24.9. The predicted octanol–water partition coefficient (Wildman–Crippen LogP) is 5.70. The van der Waals surface area contributed by atoms with Crippen molar-refractivity contribution in [3.05, 3.63) is 42.0 Å². The highest BCUT2D eigenvalue weighted by atomic mass is 16.4. The van der Waals surface area contributed by atoms with E-state index in [0.29, 0.717) is 11.6 Å². The lowest BCUT2D eigenvalue weighted by Gasteiger charge is -2.68. The second kappa shape index (κ2) is 7.30. The molecule has 1 N–H and O–H groups in total. The van der Waals surface area contributed by atoms with Gasteiger partial charge in [0.2, 0.25) is 11.8 Å². The Morgan fingerprint density at radius 1 is 1.03 bits per heavy atom. The van der Waals surface area contributed by atoms with Crippen LogP contribution in [0.25, 0.3) is 0 Å². The van der Waals surface area contributed by atoms with Gasteiger partial charge in [0.1, 0.15) is 0 Å². The number of carboxylic acid groups (broad SMARTS) is 1. The molecule has 1 aromatic rings. The Morgan fingerprint density at radius 3 is 2.40 bits per heavy atom. The Hall–Kier alpha value is -2.43. The third-order valence-electron chi connectivity index (χ3n) is 11.2. The van der Waals surface area contributed by atoms with Gasteiger partial charge < -0.3 is 5.11 Å². The van der Waals surface area contributed by atoms with Crippen molar-refractivity contribution in [2.45, 2.75) is 66.2 Å². The molecule has 7 rings (SSSR count). The van der Waals surface area contributed by atoms with Gasteiger partial charge in [-0.1, -0.05) is 57.0 Å². The average Bonchev–Trinajstić information content (AvgIpc) is 3.11. The summed E-state index contributed by atoms with van der Waals surface area (Å²) in [6, 6.07) is 9.39. The van der Waals surface area contributed by atoms with Gasteiger partial charge >= 0.3 is 5.97 Å². The molecule has 0 radical (unpaired) electrons. The van der Waals surface area contributed by atoms with E-state index in [1.165, 1.54) is 10.5 Å². The van der Waals surface area contributed by atoms with E-state index in [1.54, 1.807) is 0 Å². The quantitative estimate of drug-likeness (QED) is 0.449. The molecule has 5 aliphatic carbocycles. The van der Waals surface area contributed by atoms with Crippen molar-refractivity contribution in [1.29, 1.82) is 0 Å². The van der Waals surface area contributed by atoms with Crippen molar-refractivity contribution < 1.29 is 19.5 Å². The second-order valence-electron chi connectivity index (χ2n) is 12.8. The number of carbonyl (C=O) groups is 3. The van der Waals surface area contributed by atoms with Crippen LogP contribution in [0.15, 0.2) is 42.0 Å². The van der Waals surface area contributed by atoms with Gasteiger partial charge in [-0.15, -0.1) is 0 Å². The minimum atomic E-state index is -0.721. The smallest absolute Gasteiger partial charge is 0.309 e. The number of carbonyl (C=O) groups excluding carboxylic acids is 2. The molecule has 1 spiro atoms. The number of carboxylic acids is 1. The van der Waals surface area contributed by atoms with E-state index >= 15 is 0 Å². The highest BCUT2D eigenvalue weighted by Crippen LogP contribution is 2.74. The zero-order valence-corrected chi connectivity index (χ0v) is 21.3. The van der Waals surface area contributed by atoms with Crippen LogP contribution in [0.1, 0.15) is 66.2 Å². The van der Waals surface area contributed by atoms with Crippen LogP contribution in [-0.4, -0.2) is 22.9 Å². The summed E-state index contributed by atoms with van der Waals surface area (Å²) in [5.41, 5.74) is 0.789. The fourth-order valence-corrected chi connectivity index (χ4v) is 9.79. The number of aliphatic carboxylic acids is 1. The highest BCUT2D eigenvalue weighted by Gasteiger charge is 2.73. The molecule has 1 heterocycles. The third kappa shape index (κ3) is 2.73. The topological polar surface area (TPSA) is 74.7 Å². The molecule has 4 fully saturated rings. The van der Waals surface area contributed by atoms with Crippen LogP contribution in [0.2, 0.25) is 0 Å². The summed E-state index contributed by atoms with van der Waals surface area (Å²) in [6.45, 7) is 8.69. The molecule has 1 saturated heterocycles. The minimum Gasteiger partial charge on any atom is -0.481 e. The number of nitrogens with zero attached hydrogens (tertiary/aromatic N) is 1. The van der Waals surface area contributed by atoms with Crippen molar-refractivity contribution >= 4 is 23.5 Å². The summed E-state index contributed by atoms with van der Waals surface area (Å²) in [4.78, 5) is 42.0. The van der Waals surface area contributed by atoms with Crippen molar-refractivity contribution in [3.8, 4) is 0 Å². The largest absolute Gasteiger partial charge is 0.481 e. The first kappa shape index (κ1) is 23.0. The first-order valence-electron chi connectivity index (χ1n) is 13.4. The van der Waals surface area contributed by atoms with E-state index in [1.807, 2.05) is 37.3 Å². The number of allylic oxidation sites excluding steroid dienone is 2. The van der Waals surface area contributed by atoms with Gasteiger partial charge in [0.25, 0.3) is 0 Å². The maximum Gasteiger partial charge on any atom is 0.309 e. The molecule has 5 heteroatoms. The number of hydrogen-bond donors (Lipinski definition) is 1. The summed E-state index contributed by atoms with van der Waals surface area (Å²) in [5, 5.41) is 10.3. The monoisotopic (exact) mass is 475 g/mol. The summed E-state index contributed by atoms with van der Waals surface area (Å²) in [7, 11) is 0. The number of hydrogen-bond acceptors (Lipinski definition) is 3. The van der Waals surface area contributed by atoms with Gasteiger partial charge in [0.15, 0.2) is 0 Å². The number of rotatable bonds is 3. The van der Waals surface area contributed by atoms with E-state index in [9.17, 15) is 19.5 Å². The molecule has 2 bridgehead atoms. The summed E-state index contributed by atoms with van der Waals surface area (Å²) >= 11 is 0. The van der Waals surface area contributed by atoms with Gasteiger partial charge in [-0.25, -0.2) is 0 Å². The number of imide groups is 1. The summed E-state index contributed by atoms with van der Waals surface area (Å²) in [6.07, 6.45) is 7.58. The number of anilines is 1. The van der Waals surface area contributed by atoms with Crippen LogP contribution in [0.4, 0.5) is 5.69 Å². The molecule has 6 aliphatic rings. The fraction of sp³-hybridized carbons (Fsp3) is 0.633. The summed E-state index contributed by atoms with van der Waals surface area (Å²) in [5.74, 6) is -0.668. The highest BCUT2D eigenvalue weighted by molar-refractivity contribution is 6.22. The standard InChI is InChI=1S/C30H37NO4/c1-17(2)20-16-30-14-11-21-28(3,12-8-13-29(21,4)27(34)35)22(30)15-19(20)23-24(30)26(33)31(25(23)32)18-9-6-5-7-10-18/h5-7,9-10,16-17,19,21-24H,8,11-15H2,1-4H3,(H,34,35)/t19-,21-,22-,23+,24+,28-,29+,30+/m0/s1. The zero-order valence-electron chi connectivity index (χ0n) is 21.3. The van der Waals surface area contributed by atoms with Crippen LogP contribution in [0.3, 0.4) is 0 Å². The van der Waals surface area contributed by atoms with Crippen molar-refractivity contribution in [1.82, 2.24) is 0 Å². The molecule has 186 valence electrons. The minimum absolute atomic E-state index is 0.0356. The molecule has 1 aromatic carbocycles. The number of fused-ring (bicyclic) bond motifs is 1. The van der Waals surface area contributed by atoms with Crippen LogP contribution in [0, 0.1) is 51.8 Å². The third-order valence-corrected chi connectivity index (χ3v) is 11.2. The van der Waals surface area contributed by atoms with E-state index in [2.05, 4.69) is 26.8 Å². The maximum absolute atomic E-state index is 14.1. The van der Waals surface area contributed by atoms with Crippen molar-refractivity contribution in [2.75, 3.05) is 4.90 Å². The van der Waals surface area contributed by atoms with Gasteiger partial charge in [-0.3, -0.25) is 19.3 Å². The lowest BCUT2D eigenvalue weighted by atomic mass is 9.34. The Balaban J connectivity index is 1.50. The first-order chi connectivity index (χ1) is 16.6. The van der Waals surface area contributed by atoms with Crippen LogP contribution < -0.4 is 4.90 Å². The first-order valence-corrected chi connectivity index (χ1v) is 13.4. The molecular formula is C30H37NO4. The SMILES string of the molecule is CC(C)C1=C[C@]23CC[C@H]4[C@](C)(CCC[C@@]4(C)C(=O)O)[C@@H]2C[C@@H]1[C@H]1C(=O)N(c2ccccc2)C(=O)[C@@H]13. The van der Waals surface area contributed by atoms with Gasteiger partial charge in [0.05, 0.1) is 22.9 Å². The van der Waals surface area contributed by atoms with Gasteiger partial charge in [-0.2, -0.15) is 0 Å². The van der Waals surface area contributed by atoms with E-state index in [4.69, 9.17) is 0 Å². The normalized spacial score (nSPS) is 44.1. The molecule has 8 atom stereocenters. The van der Waals surface area contributed by atoms with Gasteiger partial charge in [0, 0.05) is 5.41 Å². The molecular weight excluding hydrogens is 438 g/mol. The lowest BCUT2D eigenvalue weighted by Crippen LogP contribution is -2.65. The Morgan fingerprint density at radius 2 is 1.74 bits per heavy atom. The fourth-order valence-electron chi connectivity index (χ4n) is 9.79. The Bertz CT molecular complexity index is 1140. The number of amides is 2. The lowest BCUT2D eigenvalue weighted by molar-refractivity contribution is -0.194. The maximum atomic E-state index is 14.1. The molecule has 3 saturated carbocycles. The van der Waals surface area contributed by atoms with Crippen molar-refractivity contribution in [2.24, 2.45) is 51.8 Å². The Labute approximate surface area is 208 Å². The van der Waals surface area contributed by atoms with Gasteiger partial charge in [-0.05, 0) is 80.2 Å². The van der Waals surface area contributed by atoms with E-state index < -0.39 is 11.4 Å². The Kier molecular flexibility index (Phi) is 4.80. The van der Waals surface area contributed by atoms with E-state index in [-0.39, 0.29) is 52.2 Å². The molecule has 2 amide bonds. The van der Waals surface area contributed by atoms with Crippen LogP contribution in [0.5, 0.6) is 0 Å². The molecule has 5 nitrogen and oxygen atoms in total. The van der Waals surface area contributed by atoms with Crippen LogP contribution in [-0.2, 0) is 14.4 Å². The number of benzene rings is 1. The molecule has 35 heavy (non-hydrogen) atoms. The van der Waals surface area contributed by atoms with E-state index in [0.717, 1.165) is 38.5 Å². The number of para-hydroxylation sites is 1.